The molecule has 4 nitrogen and oxygen atoms in total. The van der Waals surface area contributed by atoms with Crippen molar-refractivity contribution in [1.29, 1.82) is 0 Å². The van der Waals surface area contributed by atoms with Gasteiger partial charge in [-0.25, -0.2) is 0 Å². The summed E-state index contributed by atoms with van der Waals surface area (Å²) in [5.41, 5.74) is 2.79. The molecular formula is C13H15N3O. The summed E-state index contributed by atoms with van der Waals surface area (Å²) in [4.78, 5) is 16.0. The molecule has 0 N–H and O–H groups in total. The van der Waals surface area contributed by atoms with Gasteiger partial charge in [0, 0.05) is 37.6 Å². The fourth-order valence-electron chi connectivity index (χ4n) is 1.75. The van der Waals surface area contributed by atoms with Crippen LogP contribution in [0.5, 0.6) is 0 Å². The van der Waals surface area contributed by atoms with E-state index in [1.807, 2.05) is 26.2 Å². The lowest BCUT2D eigenvalue weighted by atomic mass is 10.0. The van der Waals surface area contributed by atoms with Gasteiger partial charge in [-0.15, -0.1) is 0 Å². The van der Waals surface area contributed by atoms with Crippen LogP contribution in [0, 0.1) is 6.92 Å². The number of ketones is 1. The van der Waals surface area contributed by atoms with E-state index < -0.39 is 0 Å². The quantitative estimate of drug-likeness (QED) is 0.753. The van der Waals surface area contributed by atoms with E-state index in [9.17, 15) is 4.79 Å². The van der Waals surface area contributed by atoms with Crippen LogP contribution in [-0.2, 0) is 13.5 Å². The standard InChI is InChI=1S/C13H15N3O/c1-10-5-6-14-8-12(10)13(17)4-3-11-7-15-16(2)9-11/h5-9H,3-4H2,1-2H3. The summed E-state index contributed by atoms with van der Waals surface area (Å²) in [6.45, 7) is 1.93. The fourth-order valence-corrected chi connectivity index (χ4v) is 1.75. The Morgan fingerprint density at radius 1 is 1.41 bits per heavy atom. The summed E-state index contributed by atoms with van der Waals surface area (Å²) in [5, 5.41) is 4.08. The molecule has 0 saturated carbocycles. The second-order valence-electron chi connectivity index (χ2n) is 4.14. The maximum absolute atomic E-state index is 12.0. The monoisotopic (exact) mass is 229 g/mol. The molecule has 88 valence electrons. The van der Waals surface area contributed by atoms with Gasteiger partial charge in [-0.1, -0.05) is 0 Å². The largest absolute Gasteiger partial charge is 0.294 e. The van der Waals surface area contributed by atoms with Crippen LogP contribution in [0.25, 0.3) is 0 Å². The Balaban J connectivity index is 2.01. The number of aryl methyl sites for hydroxylation is 3. The Morgan fingerprint density at radius 3 is 2.88 bits per heavy atom. The van der Waals surface area contributed by atoms with Gasteiger partial charge in [0.25, 0.3) is 0 Å². The molecule has 0 fully saturated rings. The van der Waals surface area contributed by atoms with Crippen LogP contribution < -0.4 is 0 Å². The number of aromatic nitrogens is 3. The van der Waals surface area contributed by atoms with Crippen molar-refractivity contribution < 1.29 is 4.79 Å². The van der Waals surface area contributed by atoms with E-state index >= 15 is 0 Å². The molecule has 0 bridgehead atoms. The van der Waals surface area contributed by atoms with E-state index in [1.165, 1.54) is 0 Å². The smallest absolute Gasteiger partial charge is 0.165 e. The highest BCUT2D eigenvalue weighted by Gasteiger charge is 2.09. The van der Waals surface area contributed by atoms with Crippen LogP contribution in [0.15, 0.2) is 30.9 Å². The number of rotatable bonds is 4. The molecule has 17 heavy (non-hydrogen) atoms. The predicted molar refractivity (Wildman–Crippen MR) is 64.8 cm³/mol. The molecule has 0 aliphatic rings. The van der Waals surface area contributed by atoms with Gasteiger partial charge < -0.3 is 0 Å². The van der Waals surface area contributed by atoms with E-state index in [2.05, 4.69) is 10.1 Å². The van der Waals surface area contributed by atoms with Crippen LogP contribution in [-0.4, -0.2) is 20.5 Å². The van der Waals surface area contributed by atoms with Crippen molar-refractivity contribution in [3.63, 3.8) is 0 Å². The third-order valence-corrected chi connectivity index (χ3v) is 2.74. The number of hydrogen-bond donors (Lipinski definition) is 0. The normalized spacial score (nSPS) is 10.5. The van der Waals surface area contributed by atoms with Gasteiger partial charge in [0.15, 0.2) is 5.78 Å². The summed E-state index contributed by atoms with van der Waals surface area (Å²) < 4.78 is 1.75. The van der Waals surface area contributed by atoms with Crippen LogP contribution >= 0.6 is 0 Å². The summed E-state index contributed by atoms with van der Waals surface area (Å²) in [7, 11) is 1.87. The number of carbonyl (C=O) groups excluding carboxylic acids is 1. The highest BCUT2D eigenvalue weighted by atomic mass is 16.1. The van der Waals surface area contributed by atoms with Crippen LogP contribution in [0.1, 0.15) is 27.9 Å². The maximum Gasteiger partial charge on any atom is 0.165 e. The van der Waals surface area contributed by atoms with Gasteiger partial charge >= 0.3 is 0 Å². The molecule has 0 atom stereocenters. The Bertz CT molecular complexity index is 531. The van der Waals surface area contributed by atoms with Crippen molar-refractivity contribution in [3.8, 4) is 0 Å². The Labute approximate surface area is 100 Å². The summed E-state index contributed by atoms with van der Waals surface area (Å²) >= 11 is 0. The summed E-state index contributed by atoms with van der Waals surface area (Å²) in [5.74, 6) is 0.138. The first-order chi connectivity index (χ1) is 8.16. The topological polar surface area (TPSA) is 47.8 Å². The molecule has 0 amide bonds. The zero-order valence-corrected chi connectivity index (χ0v) is 10.1. The zero-order chi connectivity index (χ0) is 12.3. The first-order valence-electron chi connectivity index (χ1n) is 5.58. The molecule has 0 aliphatic carbocycles. The van der Waals surface area contributed by atoms with Crippen molar-refractivity contribution in [2.24, 2.45) is 7.05 Å². The maximum atomic E-state index is 12.0. The van der Waals surface area contributed by atoms with E-state index in [0.717, 1.165) is 23.1 Å². The highest BCUT2D eigenvalue weighted by molar-refractivity contribution is 5.97. The summed E-state index contributed by atoms with van der Waals surface area (Å²) in [6.07, 6.45) is 8.29. The Hall–Kier alpha value is -1.97. The molecule has 4 heteroatoms. The van der Waals surface area contributed by atoms with Gasteiger partial charge in [0.1, 0.15) is 0 Å². The average Bonchev–Trinajstić information content (AvgIpc) is 2.73. The third kappa shape index (κ3) is 2.78. The lowest BCUT2D eigenvalue weighted by molar-refractivity contribution is 0.0982. The Kier molecular flexibility index (Phi) is 3.32. The predicted octanol–water partition coefficient (Wildman–Crippen LogP) is 1.94. The number of Topliss-reactive ketones (excluding diaryl/α,β-unsaturated/α-hetero) is 1. The first kappa shape index (κ1) is 11.5. The molecule has 2 heterocycles. The number of hydrogen-bond acceptors (Lipinski definition) is 3. The second-order valence-corrected chi connectivity index (χ2v) is 4.14. The van der Waals surface area contributed by atoms with E-state index in [-0.39, 0.29) is 5.78 Å². The molecule has 0 aromatic carbocycles. The zero-order valence-electron chi connectivity index (χ0n) is 10.1. The minimum Gasteiger partial charge on any atom is -0.294 e. The van der Waals surface area contributed by atoms with Crippen molar-refractivity contribution >= 4 is 5.78 Å². The number of pyridine rings is 1. The molecule has 0 aliphatic heterocycles. The van der Waals surface area contributed by atoms with Crippen molar-refractivity contribution in [1.82, 2.24) is 14.8 Å². The minimum atomic E-state index is 0.138. The lowest BCUT2D eigenvalue weighted by Crippen LogP contribution is -2.03. The van der Waals surface area contributed by atoms with Crippen molar-refractivity contribution in [2.75, 3.05) is 0 Å². The molecule has 0 unspecified atom stereocenters. The van der Waals surface area contributed by atoms with E-state index in [0.29, 0.717) is 6.42 Å². The first-order valence-corrected chi connectivity index (χ1v) is 5.58. The fraction of sp³-hybridized carbons (Fsp3) is 0.308. The van der Waals surface area contributed by atoms with Crippen LogP contribution in [0.4, 0.5) is 0 Å². The Morgan fingerprint density at radius 2 is 2.24 bits per heavy atom. The van der Waals surface area contributed by atoms with E-state index in [4.69, 9.17) is 0 Å². The van der Waals surface area contributed by atoms with Gasteiger partial charge in [-0.05, 0) is 30.5 Å². The molecule has 2 rings (SSSR count). The minimum absolute atomic E-state index is 0.138. The van der Waals surface area contributed by atoms with Gasteiger partial charge in [-0.2, -0.15) is 5.10 Å². The molecule has 2 aromatic rings. The number of nitrogens with zero attached hydrogens (tertiary/aromatic N) is 3. The third-order valence-electron chi connectivity index (χ3n) is 2.74. The van der Waals surface area contributed by atoms with Crippen molar-refractivity contribution in [3.05, 3.63) is 47.5 Å². The van der Waals surface area contributed by atoms with Crippen LogP contribution in [0.3, 0.4) is 0 Å². The molecule has 2 aromatic heterocycles. The molecule has 0 radical (unpaired) electrons. The molecular weight excluding hydrogens is 214 g/mol. The number of carbonyl (C=O) groups is 1. The van der Waals surface area contributed by atoms with Gasteiger partial charge in [0.05, 0.1) is 6.20 Å². The second kappa shape index (κ2) is 4.91. The van der Waals surface area contributed by atoms with Gasteiger partial charge in [0.2, 0.25) is 0 Å². The SMILES string of the molecule is Cc1ccncc1C(=O)CCc1cnn(C)c1. The van der Waals surface area contributed by atoms with Crippen LogP contribution in [0.2, 0.25) is 0 Å². The molecule has 0 saturated heterocycles. The lowest BCUT2D eigenvalue weighted by Gasteiger charge is -2.02. The van der Waals surface area contributed by atoms with Gasteiger partial charge in [-0.3, -0.25) is 14.5 Å². The molecule has 0 spiro atoms. The van der Waals surface area contributed by atoms with Crippen molar-refractivity contribution in [2.45, 2.75) is 19.8 Å². The summed E-state index contributed by atoms with van der Waals surface area (Å²) in [6, 6.07) is 1.86. The van der Waals surface area contributed by atoms with E-state index in [1.54, 1.807) is 23.3 Å². The average molecular weight is 229 g/mol. The highest BCUT2D eigenvalue weighted by Crippen LogP contribution is 2.10.